The molecule has 24 heavy (non-hydrogen) atoms. The van der Waals surface area contributed by atoms with Gasteiger partial charge >= 0.3 is 6.18 Å². The van der Waals surface area contributed by atoms with Crippen molar-refractivity contribution >= 4 is 11.6 Å². The molecule has 1 heterocycles. The zero-order valence-electron chi connectivity index (χ0n) is 14.2. The van der Waals surface area contributed by atoms with Crippen LogP contribution in [0.2, 0.25) is 0 Å². The van der Waals surface area contributed by atoms with Crippen LogP contribution in [0.3, 0.4) is 0 Å². The molecule has 8 heteroatoms. The van der Waals surface area contributed by atoms with Gasteiger partial charge < -0.3 is 9.64 Å². The number of aromatic nitrogens is 1. The number of amides is 1. The van der Waals surface area contributed by atoms with Crippen LogP contribution in [0, 0.1) is 0 Å². The molecule has 0 aromatic carbocycles. The van der Waals surface area contributed by atoms with E-state index in [4.69, 9.17) is 4.74 Å². The van der Waals surface area contributed by atoms with Gasteiger partial charge in [-0.2, -0.15) is 13.2 Å². The predicted molar refractivity (Wildman–Crippen MR) is 85.2 cm³/mol. The summed E-state index contributed by atoms with van der Waals surface area (Å²) in [6.45, 7) is 6.09. The molecule has 0 saturated heterocycles. The molecule has 1 amide bonds. The summed E-state index contributed by atoms with van der Waals surface area (Å²) in [4.78, 5) is 21.6. The lowest BCUT2D eigenvalue weighted by molar-refractivity contribution is -0.137. The standard InChI is InChI=1S/C16H22F3N3O2/c1-5-13(20-4)15(23)22(6-2)11(3)10-24-14-8-7-12(9-21-14)16(17,18)19/h7-9,11H,5-6,10H2,1-4H3. The van der Waals surface area contributed by atoms with Crippen molar-refractivity contribution in [3.05, 3.63) is 23.9 Å². The van der Waals surface area contributed by atoms with E-state index in [1.165, 1.54) is 6.07 Å². The van der Waals surface area contributed by atoms with Crippen LogP contribution in [0.25, 0.3) is 0 Å². The minimum absolute atomic E-state index is 0.0817. The van der Waals surface area contributed by atoms with E-state index in [2.05, 4.69) is 9.98 Å². The zero-order valence-corrected chi connectivity index (χ0v) is 14.2. The first-order valence-electron chi connectivity index (χ1n) is 7.67. The summed E-state index contributed by atoms with van der Waals surface area (Å²) in [5, 5.41) is 0. The van der Waals surface area contributed by atoms with Crippen LogP contribution < -0.4 is 4.74 Å². The van der Waals surface area contributed by atoms with Gasteiger partial charge in [-0.3, -0.25) is 9.79 Å². The van der Waals surface area contributed by atoms with E-state index in [-0.39, 0.29) is 24.4 Å². The lowest BCUT2D eigenvalue weighted by Crippen LogP contribution is -2.45. The van der Waals surface area contributed by atoms with Gasteiger partial charge in [-0.1, -0.05) is 6.92 Å². The highest BCUT2D eigenvalue weighted by molar-refractivity contribution is 6.38. The summed E-state index contributed by atoms with van der Waals surface area (Å²) in [5.74, 6) is -0.0859. The Balaban J connectivity index is 2.70. The summed E-state index contributed by atoms with van der Waals surface area (Å²) in [7, 11) is 1.57. The molecule has 0 fully saturated rings. The second-order valence-corrected chi connectivity index (χ2v) is 5.16. The Kier molecular flexibility index (Phi) is 7.18. The maximum atomic E-state index is 12.5. The molecule has 0 aliphatic rings. The van der Waals surface area contributed by atoms with Crippen LogP contribution in [0.4, 0.5) is 13.2 Å². The third kappa shape index (κ3) is 5.21. The fourth-order valence-electron chi connectivity index (χ4n) is 2.16. The highest BCUT2D eigenvalue weighted by Crippen LogP contribution is 2.29. The molecule has 5 nitrogen and oxygen atoms in total. The van der Waals surface area contributed by atoms with Gasteiger partial charge in [0.2, 0.25) is 5.88 Å². The number of likely N-dealkylation sites (N-methyl/N-ethyl adjacent to an activating group) is 1. The van der Waals surface area contributed by atoms with E-state index in [1.54, 1.807) is 18.9 Å². The number of rotatable bonds is 7. The minimum atomic E-state index is -4.43. The molecule has 1 unspecified atom stereocenters. The zero-order chi connectivity index (χ0) is 18.3. The fourth-order valence-corrected chi connectivity index (χ4v) is 2.16. The topological polar surface area (TPSA) is 54.8 Å². The number of ether oxygens (including phenoxy) is 1. The van der Waals surface area contributed by atoms with Crippen molar-refractivity contribution in [1.29, 1.82) is 0 Å². The SMILES string of the molecule is CCC(=NC)C(=O)N(CC)C(C)COc1ccc(C(F)(F)F)cn1. The number of halogens is 3. The van der Waals surface area contributed by atoms with Crippen molar-refractivity contribution in [1.82, 2.24) is 9.88 Å². The van der Waals surface area contributed by atoms with Crippen molar-refractivity contribution in [2.45, 2.75) is 39.4 Å². The van der Waals surface area contributed by atoms with E-state index in [1.807, 2.05) is 13.8 Å². The van der Waals surface area contributed by atoms with Crippen LogP contribution in [-0.2, 0) is 11.0 Å². The number of nitrogens with zero attached hydrogens (tertiary/aromatic N) is 3. The van der Waals surface area contributed by atoms with E-state index >= 15 is 0 Å². The number of carbonyl (C=O) groups is 1. The first-order valence-corrected chi connectivity index (χ1v) is 7.67. The Labute approximate surface area is 139 Å². The Morgan fingerprint density at radius 1 is 1.38 bits per heavy atom. The van der Waals surface area contributed by atoms with Crippen LogP contribution in [0.1, 0.15) is 32.8 Å². The van der Waals surface area contributed by atoms with Gasteiger partial charge in [0.05, 0.1) is 17.3 Å². The van der Waals surface area contributed by atoms with E-state index < -0.39 is 11.7 Å². The maximum absolute atomic E-state index is 12.5. The highest BCUT2D eigenvalue weighted by Gasteiger charge is 2.30. The summed E-state index contributed by atoms with van der Waals surface area (Å²) in [5.41, 5.74) is -0.364. The van der Waals surface area contributed by atoms with E-state index in [0.29, 0.717) is 18.7 Å². The van der Waals surface area contributed by atoms with Crippen LogP contribution in [-0.4, -0.2) is 47.7 Å². The molecule has 0 N–H and O–H groups in total. The second-order valence-electron chi connectivity index (χ2n) is 5.16. The van der Waals surface area contributed by atoms with Gasteiger partial charge in [-0.15, -0.1) is 0 Å². The Hall–Kier alpha value is -2.12. The van der Waals surface area contributed by atoms with Crippen molar-refractivity contribution in [2.75, 3.05) is 20.2 Å². The van der Waals surface area contributed by atoms with Gasteiger partial charge in [0.1, 0.15) is 6.61 Å². The predicted octanol–water partition coefficient (Wildman–Crippen LogP) is 3.20. The van der Waals surface area contributed by atoms with Gasteiger partial charge in [0.25, 0.3) is 5.91 Å². The van der Waals surface area contributed by atoms with Crippen molar-refractivity contribution in [3.8, 4) is 5.88 Å². The third-order valence-corrected chi connectivity index (χ3v) is 3.52. The number of hydrogen-bond acceptors (Lipinski definition) is 4. The molecule has 1 aromatic rings. The second kappa shape index (κ2) is 8.65. The molecular formula is C16H22F3N3O2. The monoisotopic (exact) mass is 345 g/mol. The Bertz CT molecular complexity index is 571. The Morgan fingerprint density at radius 3 is 2.46 bits per heavy atom. The average molecular weight is 345 g/mol. The summed E-state index contributed by atoms with van der Waals surface area (Å²) in [6, 6.07) is 1.81. The number of hydrogen-bond donors (Lipinski definition) is 0. The van der Waals surface area contributed by atoms with Gasteiger partial charge in [-0.05, 0) is 26.3 Å². The van der Waals surface area contributed by atoms with E-state index in [0.717, 1.165) is 12.3 Å². The molecule has 0 radical (unpaired) electrons. The van der Waals surface area contributed by atoms with Crippen LogP contribution in [0.5, 0.6) is 5.88 Å². The maximum Gasteiger partial charge on any atom is 0.417 e. The Morgan fingerprint density at radius 2 is 2.04 bits per heavy atom. The van der Waals surface area contributed by atoms with Crippen LogP contribution >= 0.6 is 0 Å². The lowest BCUT2D eigenvalue weighted by Gasteiger charge is -2.28. The number of carbonyl (C=O) groups excluding carboxylic acids is 1. The highest BCUT2D eigenvalue weighted by atomic mass is 19.4. The fraction of sp³-hybridized carbons (Fsp3) is 0.562. The van der Waals surface area contributed by atoms with Gasteiger partial charge in [-0.25, -0.2) is 4.98 Å². The smallest absolute Gasteiger partial charge is 0.417 e. The molecule has 134 valence electrons. The van der Waals surface area contributed by atoms with Gasteiger partial charge in [0, 0.05) is 25.9 Å². The molecule has 0 bridgehead atoms. The first-order chi connectivity index (χ1) is 11.2. The molecular weight excluding hydrogens is 323 g/mol. The van der Waals surface area contributed by atoms with Crippen LogP contribution in [0.15, 0.2) is 23.3 Å². The molecule has 0 spiro atoms. The third-order valence-electron chi connectivity index (χ3n) is 3.52. The average Bonchev–Trinajstić information content (AvgIpc) is 2.54. The minimum Gasteiger partial charge on any atom is -0.475 e. The molecule has 1 atom stereocenters. The quantitative estimate of drug-likeness (QED) is 0.713. The number of alkyl halides is 3. The molecule has 0 saturated carbocycles. The van der Waals surface area contributed by atoms with Crippen molar-refractivity contribution in [3.63, 3.8) is 0 Å². The van der Waals surface area contributed by atoms with Crippen molar-refractivity contribution < 1.29 is 22.7 Å². The van der Waals surface area contributed by atoms with E-state index in [9.17, 15) is 18.0 Å². The molecule has 0 aliphatic carbocycles. The normalized spacial score (nSPS) is 13.5. The summed E-state index contributed by atoms with van der Waals surface area (Å²) >= 11 is 0. The molecule has 1 rings (SSSR count). The number of aliphatic imine (C=N–C) groups is 1. The lowest BCUT2D eigenvalue weighted by atomic mass is 10.2. The molecule has 0 aliphatic heterocycles. The summed E-state index contributed by atoms with van der Waals surface area (Å²) in [6.07, 6.45) is -3.18. The van der Waals surface area contributed by atoms with Gasteiger partial charge in [0.15, 0.2) is 0 Å². The largest absolute Gasteiger partial charge is 0.475 e. The first kappa shape index (κ1) is 19.9. The van der Waals surface area contributed by atoms with Crippen molar-refractivity contribution in [2.24, 2.45) is 4.99 Å². The molecule has 1 aromatic heterocycles. The summed E-state index contributed by atoms with van der Waals surface area (Å²) < 4.78 is 42.8. The number of pyridine rings is 1.